The number of hydrogen-bond acceptors (Lipinski definition) is 2. The number of thioether (sulfide) groups is 1. The van der Waals surface area contributed by atoms with Crippen LogP contribution in [0.3, 0.4) is 0 Å². The van der Waals surface area contributed by atoms with Crippen molar-refractivity contribution in [1.29, 1.82) is 0 Å². The first-order valence-corrected chi connectivity index (χ1v) is 6.01. The van der Waals surface area contributed by atoms with Crippen LogP contribution in [-0.2, 0) is 4.79 Å². The van der Waals surface area contributed by atoms with Gasteiger partial charge in [-0.15, -0.1) is 11.8 Å². The first-order valence-electron chi connectivity index (χ1n) is 4.17. The van der Waals surface area contributed by atoms with Gasteiger partial charge in [0, 0.05) is 16.6 Å². The van der Waals surface area contributed by atoms with Gasteiger partial charge in [-0.25, -0.2) is 0 Å². The van der Waals surface area contributed by atoms with Gasteiger partial charge in [0.25, 0.3) is 0 Å². The van der Waals surface area contributed by atoms with E-state index >= 15 is 0 Å². The molecule has 13 heavy (non-hydrogen) atoms. The van der Waals surface area contributed by atoms with E-state index in [9.17, 15) is 4.79 Å². The van der Waals surface area contributed by atoms with Crippen LogP contribution in [0.15, 0.2) is 28.7 Å². The zero-order valence-electron chi connectivity index (χ0n) is 7.00. The summed E-state index contributed by atoms with van der Waals surface area (Å²) in [5.74, 6) is 1.34. The quantitative estimate of drug-likeness (QED) is 0.768. The van der Waals surface area contributed by atoms with Crippen molar-refractivity contribution in [3.63, 3.8) is 0 Å². The molecule has 1 aliphatic rings. The highest BCUT2D eigenvalue weighted by Crippen LogP contribution is 2.37. The summed E-state index contributed by atoms with van der Waals surface area (Å²) in [6.07, 6.45) is 0.728. The van der Waals surface area contributed by atoms with Crippen LogP contribution < -0.4 is 0 Å². The van der Waals surface area contributed by atoms with E-state index in [0.29, 0.717) is 5.78 Å². The lowest BCUT2D eigenvalue weighted by Gasteiger charge is -2.06. The molecule has 1 aliphatic heterocycles. The van der Waals surface area contributed by atoms with Crippen molar-refractivity contribution >= 4 is 33.5 Å². The number of hydrogen-bond donors (Lipinski definition) is 0. The third-order valence-electron chi connectivity index (χ3n) is 2.10. The molecule has 1 fully saturated rings. The summed E-state index contributed by atoms with van der Waals surface area (Å²) in [6, 6.07) is 8.01. The van der Waals surface area contributed by atoms with Crippen molar-refractivity contribution in [3.05, 3.63) is 34.3 Å². The molecule has 0 amide bonds. The predicted octanol–water partition coefficient (Wildman–Crippen LogP) is 3.20. The van der Waals surface area contributed by atoms with Crippen LogP contribution in [-0.4, -0.2) is 11.5 Å². The molecule has 1 heterocycles. The van der Waals surface area contributed by atoms with Crippen LogP contribution in [0.2, 0.25) is 0 Å². The zero-order valence-corrected chi connectivity index (χ0v) is 9.40. The fraction of sp³-hybridized carbons (Fsp3) is 0.300. The molecule has 1 aromatic carbocycles. The van der Waals surface area contributed by atoms with Gasteiger partial charge in [-0.2, -0.15) is 0 Å². The Hall–Kier alpha value is -0.280. The molecule has 0 aromatic heterocycles. The second kappa shape index (κ2) is 3.84. The number of carbonyl (C=O) groups excluding carboxylic acids is 1. The Morgan fingerprint density at radius 1 is 1.31 bits per heavy atom. The van der Waals surface area contributed by atoms with E-state index in [2.05, 4.69) is 15.9 Å². The molecule has 0 N–H and O–H groups in total. The van der Waals surface area contributed by atoms with Crippen molar-refractivity contribution in [2.45, 2.75) is 11.7 Å². The number of Topliss-reactive ketones (excluding diaryl/α,β-unsaturated/α-hetero) is 1. The molecule has 0 saturated carbocycles. The SMILES string of the molecule is O=C1CCSC1c1ccc(Br)cc1. The first kappa shape index (κ1) is 9.28. The Balaban J connectivity index is 2.25. The molecule has 0 bridgehead atoms. The Bertz CT molecular complexity index is 320. The molecule has 1 nitrogen and oxygen atoms in total. The molecule has 1 saturated heterocycles. The molecule has 0 radical (unpaired) electrons. The van der Waals surface area contributed by atoms with E-state index in [0.717, 1.165) is 22.2 Å². The molecular formula is C10H9BrOS. The number of rotatable bonds is 1. The summed E-state index contributed by atoms with van der Waals surface area (Å²) in [7, 11) is 0. The lowest BCUT2D eigenvalue weighted by atomic mass is 10.1. The molecule has 2 rings (SSSR count). The summed E-state index contributed by atoms with van der Waals surface area (Å²) >= 11 is 5.12. The van der Waals surface area contributed by atoms with Crippen LogP contribution >= 0.6 is 27.7 Å². The maximum atomic E-state index is 11.4. The van der Waals surface area contributed by atoms with Crippen LogP contribution in [0.1, 0.15) is 17.2 Å². The summed E-state index contributed by atoms with van der Waals surface area (Å²) < 4.78 is 1.06. The van der Waals surface area contributed by atoms with Crippen LogP contribution in [0.4, 0.5) is 0 Å². The van der Waals surface area contributed by atoms with Gasteiger partial charge in [0.15, 0.2) is 5.78 Å². The molecule has 1 aromatic rings. The maximum Gasteiger partial charge on any atom is 0.151 e. The molecule has 0 spiro atoms. The predicted molar refractivity (Wildman–Crippen MR) is 59.0 cm³/mol. The Morgan fingerprint density at radius 2 is 2.00 bits per heavy atom. The van der Waals surface area contributed by atoms with Gasteiger partial charge in [-0.05, 0) is 17.7 Å². The van der Waals surface area contributed by atoms with E-state index in [1.807, 2.05) is 24.3 Å². The summed E-state index contributed by atoms with van der Waals surface area (Å²) in [6.45, 7) is 0. The fourth-order valence-electron chi connectivity index (χ4n) is 1.42. The third-order valence-corrected chi connectivity index (χ3v) is 3.94. The standard InChI is InChI=1S/C10H9BrOS/c11-8-3-1-7(2-4-8)10-9(12)5-6-13-10/h1-4,10H,5-6H2. The van der Waals surface area contributed by atoms with Crippen molar-refractivity contribution in [3.8, 4) is 0 Å². The van der Waals surface area contributed by atoms with Gasteiger partial charge in [0.2, 0.25) is 0 Å². The average Bonchev–Trinajstić information content (AvgIpc) is 2.53. The van der Waals surface area contributed by atoms with Crippen LogP contribution in [0, 0.1) is 0 Å². The summed E-state index contributed by atoms with van der Waals surface area (Å²) in [4.78, 5) is 11.4. The number of halogens is 1. The van der Waals surface area contributed by atoms with Gasteiger partial charge in [0.1, 0.15) is 0 Å². The highest BCUT2D eigenvalue weighted by molar-refractivity contribution is 9.10. The fourth-order valence-corrected chi connectivity index (χ4v) is 2.89. The molecule has 0 aliphatic carbocycles. The molecule has 1 atom stereocenters. The average molecular weight is 257 g/mol. The molecule has 68 valence electrons. The highest BCUT2D eigenvalue weighted by atomic mass is 79.9. The second-order valence-electron chi connectivity index (χ2n) is 3.02. The van der Waals surface area contributed by atoms with Crippen molar-refractivity contribution in [1.82, 2.24) is 0 Å². The monoisotopic (exact) mass is 256 g/mol. The van der Waals surface area contributed by atoms with Gasteiger partial charge < -0.3 is 0 Å². The summed E-state index contributed by atoms with van der Waals surface area (Å²) in [5.41, 5.74) is 1.13. The lowest BCUT2D eigenvalue weighted by Crippen LogP contribution is -2.01. The van der Waals surface area contributed by atoms with E-state index in [4.69, 9.17) is 0 Å². The van der Waals surface area contributed by atoms with Crippen LogP contribution in [0.5, 0.6) is 0 Å². The largest absolute Gasteiger partial charge is 0.298 e. The molecule has 3 heteroatoms. The van der Waals surface area contributed by atoms with Gasteiger partial charge in [-0.1, -0.05) is 28.1 Å². The minimum atomic E-state index is 0.0908. The van der Waals surface area contributed by atoms with E-state index in [-0.39, 0.29) is 5.25 Å². The number of carbonyl (C=O) groups is 1. The Labute approximate surface area is 90.0 Å². The topological polar surface area (TPSA) is 17.1 Å². The highest BCUT2D eigenvalue weighted by Gasteiger charge is 2.26. The number of benzene rings is 1. The minimum Gasteiger partial charge on any atom is -0.298 e. The smallest absolute Gasteiger partial charge is 0.151 e. The number of ketones is 1. The lowest BCUT2D eigenvalue weighted by molar-refractivity contribution is -0.117. The Morgan fingerprint density at radius 3 is 2.54 bits per heavy atom. The van der Waals surface area contributed by atoms with Crippen molar-refractivity contribution in [2.75, 3.05) is 5.75 Å². The Kier molecular flexibility index (Phi) is 2.74. The summed E-state index contributed by atoms with van der Waals surface area (Å²) in [5, 5.41) is 0.0908. The first-order chi connectivity index (χ1) is 6.27. The zero-order chi connectivity index (χ0) is 9.26. The van der Waals surface area contributed by atoms with Crippen molar-refractivity contribution in [2.24, 2.45) is 0 Å². The van der Waals surface area contributed by atoms with E-state index in [1.165, 1.54) is 0 Å². The maximum absolute atomic E-state index is 11.4. The molecule has 1 unspecified atom stereocenters. The normalized spacial score (nSPS) is 22.2. The third kappa shape index (κ3) is 1.97. The minimum absolute atomic E-state index is 0.0908. The van der Waals surface area contributed by atoms with E-state index in [1.54, 1.807) is 11.8 Å². The van der Waals surface area contributed by atoms with Gasteiger partial charge in [-0.3, -0.25) is 4.79 Å². The molecular weight excluding hydrogens is 248 g/mol. The van der Waals surface area contributed by atoms with Crippen LogP contribution in [0.25, 0.3) is 0 Å². The van der Waals surface area contributed by atoms with E-state index < -0.39 is 0 Å². The van der Waals surface area contributed by atoms with Gasteiger partial charge >= 0.3 is 0 Å². The van der Waals surface area contributed by atoms with Crippen molar-refractivity contribution < 1.29 is 4.79 Å². The van der Waals surface area contributed by atoms with Gasteiger partial charge in [0.05, 0.1) is 5.25 Å². The second-order valence-corrected chi connectivity index (χ2v) is 5.15.